The standard InChI is InChI=1S/C26H31NO6/c1-5-7-14-27-23(17-8-10-18(11-9-17)33-15-6-2)22(25(29)26(27)30)24(28)20-16-19(31-3)12-13-21(20)32-4/h8-13,16,23,28H,5-7,14-15H2,1-4H3/b24-22+. The molecule has 1 aliphatic heterocycles. The number of aliphatic hydroxyl groups excluding tert-OH is 1. The molecule has 1 unspecified atom stereocenters. The van der Waals surface area contributed by atoms with Crippen molar-refractivity contribution in [2.24, 2.45) is 0 Å². The van der Waals surface area contributed by atoms with Crippen LogP contribution in [0.4, 0.5) is 0 Å². The Hall–Kier alpha value is -3.48. The lowest BCUT2D eigenvalue weighted by Crippen LogP contribution is -2.30. The molecule has 0 aliphatic carbocycles. The second-order valence-electron chi connectivity index (χ2n) is 7.83. The van der Waals surface area contributed by atoms with Crippen molar-refractivity contribution in [1.82, 2.24) is 4.90 Å². The maximum atomic E-state index is 13.1. The summed E-state index contributed by atoms with van der Waals surface area (Å²) >= 11 is 0. The minimum absolute atomic E-state index is 0.0323. The highest BCUT2D eigenvalue weighted by Crippen LogP contribution is 2.42. The van der Waals surface area contributed by atoms with Crippen molar-refractivity contribution in [3.05, 3.63) is 59.2 Å². The van der Waals surface area contributed by atoms with Crippen LogP contribution in [0.1, 0.15) is 50.3 Å². The zero-order valence-electron chi connectivity index (χ0n) is 19.6. The summed E-state index contributed by atoms with van der Waals surface area (Å²) < 4.78 is 16.3. The zero-order chi connectivity index (χ0) is 24.0. The Labute approximate surface area is 194 Å². The molecule has 1 aliphatic rings. The predicted octanol–water partition coefficient (Wildman–Crippen LogP) is 4.71. The van der Waals surface area contributed by atoms with Crippen molar-refractivity contribution in [3.8, 4) is 17.2 Å². The molecule has 1 N–H and O–H groups in total. The summed E-state index contributed by atoms with van der Waals surface area (Å²) in [6.45, 7) is 5.06. The number of hydrogen-bond acceptors (Lipinski definition) is 6. The average Bonchev–Trinajstić information content (AvgIpc) is 3.10. The van der Waals surface area contributed by atoms with Gasteiger partial charge in [0.25, 0.3) is 11.7 Å². The highest BCUT2D eigenvalue weighted by molar-refractivity contribution is 6.46. The van der Waals surface area contributed by atoms with Crippen molar-refractivity contribution >= 4 is 17.4 Å². The van der Waals surface area contributed by atoms with Gasteiger partial charge in [0.2, 0.25) is 0 Å². The number of ether oxygens (including phenoxy) is 3. The van der Waals surface area contributed by atoms with Crippen molar-refractivity contribution < 1.29 is 28.9 Å². The van der Waals surface area contributed by atoms with Gasteiger partial charge in [-0.25, -0.2) is 0 Å². The first-order valence-electron chi connectivity index (χ1n) is 11.2. The molecule has 33 heavy (non-hydrogen) atoms. The lowest BCUT2D eigenvalue weighted by Gasteiger charge is -2.25. The number of aliphatic hydroxyl groups is 1. The molecule has 1 amide bonds. The molecule has 2 aromatic carbocycles. The summed E-state index contributed by atoms with van der Waals surface area (Å²) in [7, 11) is 2.99. The lowest BCUT2D eigenvalue weighted by atomic mass is 9.94. The van der Waals surface area contributed by atoms with Gasteiger partial charge < -0.3 is 24.2 Å². The quantitative estimate of drug-likeness (QED) is 0.318. The van der Waals surface area contributed by atoms with Crippen molar-refractivity contribution in [3.63, 3.8) is 0 Å². The molecule has 2 aromatic rings. The largest absolute Gasteiger partial charge is 0.507 e. The first kappa shape index (κ1) is 24.2. The molecule has 7 heteroatoms. The number of carbonyl (C=O) groups excluding carboxylic acids is 2. The van der Waals surface area contributed by atoms with E-state index in [1.165, 1.54) is 19.1 Å². The Morgan fingerprint density at radius 3 is 2.27 bits per heavy atom. The number of nitrogens with zero attached hydrogens (tertiary/aromatic N) is 1. The van der Waals surface area contributed by atoms with Crippen LogP contribution in [0.15, 0.2) is 48.0 Å². The Balaban J connectivity index is 2.15. The molecule has 0 aromatic heterocycles. The average molecular weight is 454 g/mol. The van der Waals surface area contributed by atoms with E-state index in [0.717, 1.165) is 24.8 Å². The molecule has 0 radical (unpaired) electrons. The summed E-state index contributed by atoms with van der Waals surface area (Å²) in [5.74, 6) is -0.0606. The second kappa shape index (κ2) is 10.9. The molecule has 3 rings (SSSR count). The van der Waals surface area contributed by atoms with Crippen LogP contribution in [-0.2, 0) is 9.59 Å². The zero-order valence-corrected chi connectivity index (χ0v) is 19.6. The monoisotopic (exact) mass is 453 g/mol. The van der Waals surface area contributed by atoms with Crippen molar-refractivity contribution in [2.75, 3.05) is 27.4 Å². The van der Waals surface area contributed by atoms with E-state index in [0.29, 0.717) is 36.0 Å². The summed E-state index contributed by atoms with van der Waals surface area (Å²) in [6, 6.07) is 11.5. The number of Topliss-reactive ketones (excluding diaryl/α,β-unsaturated/α-hetero) is 1. The van der Waals surface area contributed by atoms with Crippen LogP contribution < -0.4 is 14.2 Å². The number of benzene rings is 2. The minimum atomic E-state index is -0.718. The molecule has 1 fully saturated rings. The van der Waals surface area contributed by atoms with Crippen molar-refractivity contribution in [2.45, 2.75) is 39.2 Å². The van der Waals surface area contributed by atoms with E-state index >= 15 is 0 Å². The molecular formula is C26H31NO6. The van der Waals surface area contributed by atoms with Crippen LogP contribution in [-0.4, -0.2) is 49.1 Å². The van der Waals surface area contributed by atoms with Gasteiger partial charge >= 0.3 is 0 Å². The van der Waals surface area contributed by atoms with Crippen LogP contribution in [0.3, 0.4) is 0 Å². The van der Waals surface area contributed by atoms with Gasteiger partial charge in [0.05, 0.1) is 38.0 Å². The molecule has 0 spiro atoms. The Morgan fingerprint density at radius 1 is 0.970 bits per heavy atom. The highest BCUT2D eigenvalue weighted by atomic mass is 16.5. The van der Waals surface area contributed by atoms with Crippen LogP contribution in [0.2, 0.25) is 0 Å². The molecule has 1 atom stereocenters. The summed E-state index contributed by atoms with van der Waals surface area (Å²) in [4.78, 5) is 27.6. The van der Waals surface area contributed by atoms with Crippen LogP contribution in [0.5, 0.6) is 17.2 Å². The first-order chi connectivity index (χ1) is 16.0. The fraction of sp³-hybridized carbons (Fsp3) is 0.385. The van der Waals surface area contributed by atoms with Crippen LogP contribution in [0, 0.1) is 0 Å². The molecule has 1 heterocycles. The fourth-order valence-electron chi connectivity index (χ4n) is 3.90. The smallest absolute Gasteiger partial charge is 0.295 e. The molecule has 176 valence electrons. The number of ketones is 1. The summed E-state index contributed by atoms with van der Waals surface area (Å²) in [5.41, 5.74) is 1.04. The number of carbonyl (C=O) groups is 2. The predicted molar refractivity (Wildman–Crippen MR) is 126 cm³/mol. The van der Waals surface area contributed by atoms with Crippen molar-refractivity contribution in [1.29, 1.82) is 0 Å². The van der Waals surface area contributed by atoms with Crippen LogP contribution >= 0.6 is 0 Å². The molecular weight excluding hydrogens is 422 g/mol. The van der Waals surface area contributed by atoms with Gasteiger partial charge in [-0.05, 0) is 48.7 Å². The maximum Gasteiger partial charge on any atom is 0.295 e. The van der Waals surface area contributed by atoms with Gasteiger partial charge in [-0.1, -0.05) is 32.4 Å². The number of amides is 1. The van der Waals surface area contributed by atoms with E-state index in [-0.39, 0.29) is 11.3 Å². The minimum Gasteiger partial charge on any atom is -0.507 e. The number of unbranched alkanes of at least 4 members (excludes halogenated alkanes) is 1. The SMILES string of the molecule is CCCCN1C(=O)C(=O)/C(=C(/O)c2cc(OC)ccc2OC)C1c1ccc(OCCC)cc1. The normalized spacial score (nSPS) is 17.3. The Morgan fingerprint density at radius 2 is 1.67 bits per heavy atom. The number of hydrogen-bond donors (Lipinski definition) is 1. The third-order valence-electron chi connectivity index (χ3n) is 5.62. The number of rotatable bonds is 10. The summed E-state index contributed by atoms with van der Waals surface area (Å²) in [5, 5.41) is 11.3. The molecule has 0 bridgehead atoms. The van der Waals surface area contributed by atoms with Gasteiger partial charge in [0.15, 0.2) is 0 Å². The first-order valence-corrected chi connectivity index (χ1v) is 11.2. The molecule has 1 saturated heterocycles. The van der Waals surface area contributed by atoms with E-state index in [2.05, 4.69) is 0 Å². The van der Waals surface area contributed by atoms with Gasteiger partial charge in [-0.2, -0.15) is 0 Å². The van der Waals surface area contributed by atoms with E-state index in [9.17, 15) is 14.7 Å². The second-order valence-corrected chi connectivity index (χ2v) is 7.83. The highest BCUT2D eigenvalue weighted by Gasteiger charge is 2.46. The fourth-order valence-corrected chi connectivity index (χ4v) is 3.90. The topological polar surface area (TPSA) is 85.3 Å². The summed E-state index contributed by atoms with van der Waals surface area (Å²) in [6.07, 6.45) is 2.49. The Kier molecular flexibility index (Phi) is 7.98. The van der Waals surface area contributed by atoms with Gasteiger partial charge in [0, 0.05) is 6.54 Å². The van der Waals surface area contributed by atoms with Gasteiger partial charge in [0.1, 0.15) is 23.0 Å². The van der Waals surface area contributed by atoms with E-state index in [1.54, 1.807) is 18.2 Å². The van der Waals surface area contributed by atoms with Gasteiger partial charge in [-0.15, -0.1) is 0 Å². The molecule has 0 saturated carbocycles. The van der Waals surface area contributed by atoms with Crippen LogP contribution in [0.25, 0.3) is 5.76 Å². The van der Waals surface area contributed by atoms with E-state index in [4.69, 9.17) is 14.2 Å². The lowest BCUT2D eigenvalue weighted by molar-refractivity contribution is -0.139. The number of likely N-dealkylation sites (tertiary alicyclic amines) is 1. The maximum absolute atomic E-state index is 13.1. The van der Waals surface area contributed by atoms with Gasteiger partial charge in [-0.3, -0.25) is 9.59 Å². The Bertz CT molecular complexity index is 1030. The third-order valence-corrected chi connectivity index (χ3v) is 5.62. The third kappa shape index (κ3) is 4.97. The number of methoxy groups -OCH3 is 2. The van der Waals surface area contributed by atoms with E-state index in [1.807, 2.05) is 38.1 Å². The molecule has 7 nitrogen and oxygen atoms in total. The van der Waals surface area contributed by atoms with E-state index < -0.39 is 17.7 Å².